The van der Waals surface area contributed by atoms with E-state index in [0.717, 1.165) is 24.8 Å². The Balaban J connectivity index is 1.37. The van der Waals surface area contributed by atoms with Crippen molar-refractivity contribution >= 4 is 23.2 Å². The Labute approximate surface area is 156 Å². The number of thiophene rings is 1. The molecule has 1 N–H and O–H groups in total. The molecule has 1 amide bonds. The van der Waals surface area contributed by atoms with Crippen LogP contribution in [0.3, 0.4) is 0 Å². The van der Waals surface area contributed by atoms with Gasteiger partial charge in [0.15, 0.2) is 6.61 Å². The maximum Gasteiger partial charge on any atom is 0.306 e. The smallest absolute Gasteiger partial charge is 0.306 e. The predicted octanol–water partition coefficient (Wildman–Crippen LogP) is 2.97. The highest BCUT2D eigenvalue weighted by molar-refractivity contribution is 7.08. The standard InChI is InChI=1S/C18H23N3O4S/c1-12-4-2-3-5-14(12)19-15(22)10-24-17(23)7-6-16-20-18(21-25-16)13-8-9-26-11-13/h8-9,11-12,14H,2-7,10H2,1H3,(H,19,22)/t12-,14-/m1/s1. The number of rotatable bonds is 7. The van der Waals surface area contributed by atoms with Crippen LogP contribution in [0.4, 0.5) is 0 Å². The molecule has 2 aromatic rings. The number of aromatic nitrogens is 2. The van der Waals surface area contributed by atoms with Gasteiger partial charge in [-0.3, -0.25) is 9.59 Å². The molecule has 140 valence electrons. The second-order valence-electron chi connectivity index (χ2n) is 6.62. The Morgan fingerprint density at radius 2 is 2.23 bits per heavy atom. The van der Waals surface area contributed by atoms with Gasteiger partial charge in [-0.2, -0.15) is 16.3 Å². The zero-order valence-electron chi connectivity index (χ0n) is 14.8. The third-order valence-electron chi connectivity index (χ3n) is 4.61. The molecule has 0 radical (unpaired) electrons. The highest BCUT2D eigenvalue weighted by atomic mass is 32.1. The normalized spacial score (nSPS) is 19.9. The average molecular weight is 377 g/mol. The van der Waals surface area contributed by atoms with Crippen molar-refractivity contribution in [3.8, 4) is 11.4 Å². The number of carbonyl (C=O) groups excluding carboxylic acids is 2. The molecule has 0 spiro atoms. The molecule has 1 fully saturated rings. The topological polar surface area (TPSA) is 94.3 Å². The summed E-state index contributed by atoms with van der Waals surface area (Å²) in [6, 6.07) is 2.09. The Kier molecular flexibility index (Phi) is 6.38. The number of ether oxygens (including phenoxy) is 1. The Morgan fingerprint density at radius 3 is 3.00 bits per heavy atom. The number of nitrogens with zero attached hydrogens (tertiary/aromatic N) is 2. The van der Waals surface area contributed by atoms with Crippen molar-refractivity contribution in [2.75, 3.05) is 6.61 Å². The molecule has 0 bridgehead atoms. The Bertz CT molecular complexity index is 729. The fraction of sp³-hybridized carbons (Fsp3) is 0.556. The highest BCUT2D eigenvalue weighted by Crippen LogP contribution is 2.23. The summed E-state index contributed by atoms with van der Waals surface area (Å²) in [5, 5.41) is 10.7. The Hall–Kier alpha value is -2.22. The van der Waals surface area contributed by atoms with Gasteiger partial charge in [-0.15, -0.1) is 0 Å². The third kappa shape index (κ3) is 5.14. The van der Waals surface area contributed by atoms with Crippen molar-refractivity contribution in [3.63, 3.8) is 0 Å². The second-order valence-corrected chi connectivity index (χ2v) is 7.40. The van der Waals surface area contributed by atoms with Gasteiger partial charge >= 0.3 is 5.97 Å². The monoisotopic (exact) mass is 377 g/mol. The lowest BCUT2D eigenvalue weighted by atomic mass is 9.86. The number of hydrogen-bond acceptors (Lipinski definition) is 7. The molecule has 2 aromatic heterocycles. The third-order valence-corrected chi connectivity index (χ3v) is 5.30. The van der Waals surface area contributed by atoms with Gasteiger partial charge in [-0.05, 0) is 30.2 Å². The highest BCUT2D eigenvalue weighted by Gasteiger charge is 2.23. The molecule has 0 saturated heterocycles. The number of amides is 1. The molecule has 2 atom stereocenters. The van der Waals surface area contributed by atoms with Crippen molar-refractivity contribution in [2.24, 2.45) is 5.92 Å². The van der Waals surface area contributed by atoms with Crippen molar-refractivity contribution in [3.05, 3.63) is 22.7 Å². The van der Waals surface area contributed by atoms with E-state index in [2.05, 4.69) is 22.4 Å². The van der Waals surface area contributed by atoms with Crippen LogP contribution in [0.5, 0.6) is 0 Å². The average Bonchev–Trinajstić information content (AvgIpc) is 3.31. The van der Waals surface area contributed by atoms with Crippen LogP contribution in [-0.4, -0.2) is 34.7 Å². The van der Waals surface area contributed by atoms with E-state index in [1.165, 1.54) is 6.42 Å². The first-order chi connectivity index (χ1) is 12.6. The molecule has 0 unspecified atom stereocenters. The van der Waals surface area contributed by atoms with Gasteiger partial charge in [0, 0.05) is 23.4 Å². The number of hydrogen-bond donors (Lipinski definition) is 1. The van der Waals surface area contributed by atoms with Gasteiger partial charge in [0.1, 0.15) is 0 Å². The minimum absolute atomic E-state index is 0.0956. The zero-order valence-corrected chi connectivity index (χ0v) is 15.6. The summed E-state index contributed by atoms with van der Waals surface area (Å²) in [7, 11) is 0. The molecular weight excluding hydrogens is 354 g/mol. The summed E-state index contributed by atoms with van der Waals surface area (Å²) in [5.74, 6) is 0.666. The van der Waals surface area contributed by atoms with Gasteiger partial charge in [0.05, 0.1) is 6.42 Å². The number of esters is 1. The van der Waals surface area contributed by atoms with E-state index < -0.39 is 5.97 Å². The van der Waals surface area contributed by atoms with Crippen LogP contribution in [0, 0.1) is 5.92 Å². The molecule has 8 heteroatoms. The number of aryl methyl sites for hydroxylation is 1. The maximum absolute atomic E-state index is 11.9. The van der Waals surface area contributed by atoms with Crippen molar-refractivity contribution in [1.29, 1.82) is 0 Å². The van der Waals surface area contributed by atoms with Crippen LogP contribution in [0.15, 0.2) is 21.3 Å². The molecular formula is C18H23N3O4S. The summed E-state index contributed by atoms with van der Waals surface area (Å²) in [4.78, 5) is 28.0. The van der Waals surface area contributed by atoms with Crippen LogP contribution in [-0.2, 0) is 20.7 Å². The largest absolute Gasteiger partial charge is 0.456 e. The zero-order chi connectivity index (χ0) is 18.4. The van der Waals surface area contributed by atoms with E-state index in [1.54, 1.807) is 11.3 Å². The summed E-state index contributed by atoms with van der Waals surface area (Å²) in [6.45, 7) is 1.90. The molecule has 2 heterocycles. The van der Waals surface area contributed by atoms with Crippen LogP contribution in [0.2, 0.25) is 0 Å². The van der Waals surface area contributed by atoms with E-state index in [9.17, 15) is 9.59 Å². The maximum atomic E-state index is 11.9. The molecule has 0 aliphatic heterocycles. The van der Waals surface area contributed by atoms with E-state index in [-0.39, 0.29) is 31.4 Å². The van der Waals surface area contributed by atoms with Gasteiger partial charge < -0.3 is 14.6 Å². The van der Waals surface area contributed by atoms with E-state index in [0.29, 0.717) is 17.6 Å². The number of carbonyl (C=O) groups is 2. The first kappa shape index (κ1) is 18.6. The first-order valence-electron chi connectivity index (χ1n) is 8.92. The van der Waals surface area contributed by atoms with E-state index in [4.69, 9.17) is 9.26 Å². The van der Waals surface area contributed by atoms with Crippen LogP contribution in [0.25, 0.3) is 11.4 Å². The Morgan fingerprint density at radius 1 is 1.38 bits per heavy atom. The molecule has 7 nitrogen and oxygen atoms in total. The number of nitrogens with one attached hydrogen (secondary N) is 1. The second kappa shape index (κ2) is 8.93. The van der Waals surface area contributed by atoms with Crippen LogP contribution < -0.4 is 5.32 Å². The van der Waals surface area contributed by atoms with Gasteiger partial charge in [-0.1, -0.05) is 24.9 Å². The predicted molar refractivity (Wildman–Crippen MR) is 96.5 cm³/mol. The van der Waals surface area contributed by atoms with Crippen molar-refractivity contribution in [1.82, 2.24) is 15.5 Å². The molecule has 0 aromatic carbocycles. The molecule has 3 rings (SSSR count). The molecule has 1 saturated carbocycles. The lowest BCUT2D eigenvalue weighted by molar-refractivity contribution is -0.148. The molecule has 26 heavy (non-hydrogen) atoms. The summed E-state index contributed by atoms with van der Waals surface area (Å²) in [5.41, 5.74) is 0.890. The van der Waals surface area contributed by atoms with Crippen molar-refractivity contribution in [2.45, 2.75) is 51.5 Å². The quantitative estimate of drug-likeness (QED) is 0.746. The van der Waals surface area contributed by atoms with Gasteiger partial charge in [-0.25, -0.2) is 0 Å². The van der Waals surface area contributed by atoms with E-state index in [1.807, 2.05) is 16.8 Å². The minimum Gasteiger partial charge on any atom is -0.456 e. The summed E-state index contributed by atoms with van der Waals surface area (Å²) in [6.07, 6.45) is 4.85. The van der Waals surface area contributed by atoms with Crippen LogP contribution >= 0.6 is 11.3 Å². The van der Waals surface area contributed by atoms with E-state index >= 15 is 0 Å². The first-order valence-corrected chi connectivity index (χ1v) is 9.86. The van der Waals surface area contributed by atoms with Crippen molar-refractivity contribution < 1.29 is 18.8 Å². The SMILES string of the molecule is C[C@@H]1CCCC[C@H]1NC(=O)COC(=O)CCc1nc(-c2ccsc2)no1. The lowest BCUT2D eigenvalue weighted by Crippen LogP contribution is -2.42. The van der Waals surface area contributed by atoms with Crippen LogP contribution in [0.1, 0.15) is 44.9 Å². The van der Waals surface area contributed by atoms with Gasteiger partial charge in [0.2, 0.25) is 11.7 Å². The fourth-order valence-electron chi connectivity index (χ4n) is 3.07. The fourth-order valence-corrected chi connectivity index (χ4v) is 3.71. The minimum atomic E-state index is -0.452. The molecule has 1 aliphatic carbocycles. The summed E-state index contributed by atoms with van der Waals surface area (Å²) < 4.78 is 10.2. The lowest BCUT2D eigenvalue weighted by Gasteiger charge is -2.29. The summed E-state index contributed by atoms with van der Waals surface area (Å²) >= 11 is 1.55. The van der Waals surface area contributed by atoms with Gasteiger partial charge in [0.25, 0.3) is 5.91 Å². The molecule has 1 aliphatic rings.